The molecule has 1 atom stereocenters. The normalized spacial score (nSPS) is 12.3. The molecule has 0 bridgehead atoms. The van der Waals surface area contributed by atoms with E-state index in [0.29, 0.717) is 6.42 Å². The van der Waals surface area contributed by atoms with Gasteiger partial charge in [-0.1, -0.05) is 32.0 Å². The van der Waals surface area contributed by atoms with E-state index >= 15 is 0 Å². The molecule has 0 fully saturated rings. The Morgan fingerprint density at radius 1 is 1.23 bits per heavy atom. The molecule has 1 rings (SSSR count). The number of nitriles is 1. The van der Waals surface area contributed by atoms with Crippen molar-refractivity contribution >= 4 is 21.7 Å². The summed E-state index contributed by atoms with van der Waals surface area (Å²) in [4.78, 5) is 24.4. The molecule has 30 heavy (non-hydrogen) atoms. The van der Waals surface area contributed by atoms with Crippen LogP contribution in [0.15, 0.2) is 24.3 Å². The molecule has 166 valence electrons. The summed E-state index contributed by atoms with van der Waals surface area (Å²) in [6, 6.07) is 5.68. The van der Waals surface area contributed by atoms with E-state index in [1.54, 1.807) is 6.07 Å². The number of halogens is 2. The monoisotopic (exact) mass is 445 g/mol. The smallest absolute Gasteiger partial charge is 0.387 e. The van der Waals surface area contributed by atoms with Crippen molar-refractivity contribution in [3.63, 3.8) is 0 Å². The van der Waals surface area contributed by atoms with E-state index in [1.807, 2.05) is 13.8 Å². The number of para-hydroxylation sites is 1. The number of alkyl halides is 2. The molecule has 0 aromatic heterocycles. The Morgan fingerprint density at radius 2 is 1.90 bits per heavy atom. The van der Waals surface area contributed by atoms with Gasteiger partial charge in [-0.05, 0) is 18.4 Å². The lowest BCUT2D eigenvalue weighted by molar-refractivity contribution is -0.128. The van der Waals surface area contributed by atoms with Crippen molar-refractivity contribution in [2.75, 3.05) is 12.3 Å². The number of nitrogens with one attached hydrogen (secondary N) is 2. The van der Waals surface area contributed by atoms with E-state index in [0.717, 1.165) is 0 Å². The van der Waals surface area contributed by atoms with Crippen LogP contribution in [0, 0.1) is 17.2 Å². The molecule has 0 saturated heterocycles. The predicted octanol–water partition coefficient (Wildman–Crippen LogP) is 1.76. The Balaban J connectivity index is 2.96. The predicted molar refractivity (Wildman–Crippen MR) is 105 cm³/mol. The van der Waals surface area contributed by atoms with E-state index in [4.69, 9.17) is 5.26 Å². The quantitative estimate of drug-likeness (QED) is 0.472. The fourth-order valence-corrected chi connectivity index (χ4v) is 4.08. The number of rotatable bonds is 12. The van der Waals surface area contributed by atoms with Crippen molar-refractivity contribution < 1.29 is 31.5 Å². The third-order valence-corrected chi connectivity index (χ3v) is 5.52. The van der Waals surface area contributed by atoms with Gasteiger partial charge in [0.15, 0.2) is 9.84 Å². The maximum atomic E-state index is 12.6. The van der Waals surface area contributed by atoms with Crippen LogP contribution in [-0.2, 0) is 25.2 Å². The molecule has 1 aromatic carbocycles. The summed E-state index contributed by atoms with van der Waals surface area (Å²) in [5.74, 6) is -2.81. The van der Waals surface area contributed by atoms with Crippen LogP contribution in [0.25, 0.3) is 0 Å². The molecule has 0 aliphatic rings. The molecule has 0 unspecified atom stereocenters. The SMILES string of the molecule is CC(C)CCC(=O)N[C@@H](CS(=O)(=O)Cc1ccccc1OC(F)F)C(=O)NCC#N. The minimum Gasteiger partial charge on any atom is -0.435 e. The van der Waals surface area contributed by atoms with E-state index in [1.165, 1.54) is 24.3 Å². The van der Waals surface area contributed by atoms with Gasteiger partial charge in [0.05, 0.1) is 17.6 Å². The van der Waals surface area contributed by atoms with Gasteiger partial charge in [-0.25, -0.2) is 8.42 Å². The second-order valence-corrected chi connectivity index (χ2v) is 9.08. The van der Waals surface area contributed by atoms with Crippen LogP contribution >= 0.6 is 0 Å². The molecule has 8 nitrogen and oxygen atoms in total. The highest BCUT2D eigenvalue weighted by Gasteiger charge is 2.28. The van der Waals surface area contributed by atoms with Crippen molar-refractivity contribution in [1.82, 2.24) is 10.6 Å². The number of amides is 2. The number of benzene rings is 1. The first-order valence-corrected chi connectivity index (χ1v) is 11.0. The number of sulfone groups is 1. The van der Waals surface area contributed by atoms with Gasteiger partial charge >= 0.3 is 6.61 Å². The zero-order valence-corrected chi connectivity index (χ0v) is 17.5. The molecule has 11 heteroatoms. The van der Waals surface area contributed by atoms with Gasteiger partial charge in [0.1, 0.15) is 18.3 Å². The first-order valence-electron chi connectivity index (χ1n) is 9.21. The summed E-state index contributed by atoms with van der Waals surface area (Å²) >= 11 is 0. The van der Waals surface area contributed by atoms with Crippen LogP contribution in [-0.4, -0.2) is 45.2 Å². The van der Waals surface area contributed by atoms with Gasteiger partial charge in [0, 0.05) is 12.0 Å². The lowest BCUT2D eigenvalue weighted by Gasteiger charge is -2.19. The van der Waals surface area contributed by atoms with Crippen LogP contribution in [0.2, 0.25) is 0 Å². The number of nitrogens with zero attached hydrogens (tertiary/aromatic N) is 1. The van der Waals surface area contributed by atoms with Gasteiger partial charge in [-0.15, -0.1) is 0 Å². The van der Waals surface area contributed by atoms with Crippen LogP contribution in [0.5, 0.6) is 5.75 Å². The molecule has 0 aliphatic heterocycles. The number of ether oxygens (including phenoxy) is 1. The number of hydrogen-bond acceptors (Lipinski definition) is 6. The molecule has 2 amide bonds. The van der Waals surface area contributed by atoms with Gasteiger partial charge in [0.2, 0.25) is 11.8 Å². The highest BCUT2D eigenvalue weighted by Crippen LogP contribution is 2.23. The maximum absolute atomic E-state index is 12.6. The van der Waals surface area contributed by atoms with Gasteiger partial charge < -0.3 is 15.4 Å². The Labute approximate surface area is 174 Å². The number of carbonyl (C=O) groups excluding carboxylic acids is 2. The molecule has 0 saturated carbocycles. The summed E-state index contributed by atoms with van der Waals surface area (Å²) in [7, 11) is -4.02. The van der Waals surface area contributed by atoms with Crippen LogP contribution < -0.4 is 15.4 Å². The second-order valence-electron chi connectivity index (χ2n) is 6.97. The summed E-state index contributed by atoms with van der Waals surface area (Å²) in [5.41, 5.74) is 0.000109. The largest absolute Gasteiger partial charge is 0.435 e. The summed E-state index contributed by atoms with van der Waals surface area (Å²) in [6.45, 7) is 0.336. The lowest BCUT2D eigenvalue weighted by Crippen LogP contribution is -2.50. The Morgan fingerprint density at radius 3 is 2.50 bits per heavy atom. The standard InChI is InChI=1S/C19H25F2N3O5S/c1-13(2)7-8-17(25)24-15(18(26)23-10-9-22)12-30(27,28)11-14-5-3-4-6-16(14)29-19(20)21/h3-6,13,15,19H,7-8,10-12H2,1-2H3,(H,23,26)(H,24,25)/t15-/m0/s1. The molecule has 2 N–H and O–H groups in total. The zero-order valence-electron chi connectivity index (χ0n) is 16.7. The van der Waals surface area contributed by atoms with Gasteiger partial charge in [-0.3, -0.25) is 9.59 Å². The Kier molecular flexibility index (Phi) is 10.2. The highest BCUT2D eigenvalue weighted by atomic mass is 32.2. The Hall–Kier alpha value is -2.74. The molecule has 0 heterocycles. The molecule has 0 aliphatic carbocycles. The molecule has 0 radical (unpaired) electrons. The van der Waals surface area contributed by atoms with Crippen LogP contribution in [0.3, 0.4) is 0 Å². The van der Waals surface area contributed by atoms with Crippen molar-refractivity contribution in [3.05, 3.63) is 29.8 Å². The van der Waals surface area contributed by atoms with Crippen LogP contribution in [0.1, 0.15) is 32.3 Å². The first-order chi connectivity index (χ1) is 14.0. The third-order valence-electron chi connectivity index (χ3n) is 3.93. The number of carbonyl (C=O) groups is 2. The van der Waals surface area contributed by atoms with Crippen LogP contribution in [0.4, 0.5) is 8.78 Å². The molecular formula is C19H25F2N3O5S. The molecular weight excluding hydrogens is 420 g/mol. The summed E-state index contributed by atoms with van der Waals surface area (Å²) in [6.07, 6.45) is 0.647. The fraction of sp³-hybridized carbons (Fsp3) is 0.526. The minimum atomic E-state index is -4.02. The van der Waals surface area contributed by atoms with E-state index in [-0.39, 0.29) is 30.2 Å². The third kappa shape index (κ3) is 9.65. The lowest BCUT2D eigenvalue weighted by atomic mass is 10.1. The van der Waals surface area contributed by atoms with Crippen molar-refractivity contribution in [1.29, 1.82) is 5.26 Å². The average Bonchev–Trinajstić information content (AvgIpc) is 2.64. The maximum Gasteiger partial charge on any atom is 0.387 e. The summed E-state index contributed by atoms with van der Waals surface area (Å²) < 4.78 is 54.7. The number of hydrogen-bond donors (Lipinski definition) is 2. The van der Waals surface area contributed by atoms with E-state index in [2.05, 4.69) is 15.4 Å². The minimum absolute atomic E-state index is 0.000109. The second kappa shape index (κ2) is 12.1. The van der Waals surface area contributed by atoms with E-state index in [9.17, 15) is 26.8 Å². The highest BCUT2D eigenvalue weighted by molar-refractivity contribution is 7.90. The first kappa shape index (κ1) is 25.3. The van der Waals surface area contributed by atoms with E-state index < -0.39 is 45.8 Å². The Bertz CT molecular complexity index is 869. The molecule has 0 spiro atoms. The fourth-order valence-electron chi connectivity index (χ4n) is 2.50. The van der Waals surface area contributed by atoms with Crippen molar-refractivity contribution in [2.24, 2.45) is 5.92 Å². The topological polar surface area (TPSA) is 125 Å². The zero-order chi connectivity index (χ0) is 22.7. The van der Waals surface area contributed by atoms with Gasteiger partial charge in [0.25, 0.3) is 0 Å². The van der Waals surface area contributed by atoms with Crippen molar-refractivity contribution in [2.45, 2.75) is 45.1 Å². The van der Waals surface area contributed by atoms with Crippen molar-refractivity contribution in [3.8, 4) is 11.8 Å². The molecule has 1 aromatic rings. The summed E-state index contributed by atoms with van der Waals surface area (Å²) in [5, 5.41) is 13.2. The van der Waals surface area contributed by atoms with Gasteiger partial charge in [-0.2, -0.15) is 14.0 Å². The average molecular weight is 445 g/mol.